The normalized spacial score (nSPS) is 14.8. The van der Waals surface area contributed by atoms with Gasteiger partial charge in [-0.2, -0.15) is 0 Å². The molecule has 0 aliphatic heterocycles. The minimum atomic E-state index is 0.272. The van der Waals surface area contributed by atoms with Gasteiger partial charge in [0, 0.05) is 5.38 Å². The molecule has 0 aromatic rings. The fourth-order valence-electron chi connectivity index (χ4n) is 1.18. The highest BCUT2D eigenvalue weighted by atomic mass is 35.5. The second kappa shape index (κ2) is 5.85. The summed E-state index contributed by atoms with van der Waals surface area (Å²) in [6.07, 6.45) is 6.47. The maximum Gasteiger partial charge on any atom is 0.0384 e. The maximum atomic E-state index is 6.24. The molecular formula is C11H23Cl. The first-order valence-corrected chi connectivity index (χ1v) is 5.56. The van der Waals surface area contributed by atoms with E-state index in [2.05, 4.69) is 27.7 Å². The Morgan fingerprint density at radius 1 is 1.08 bits per heavy atom. The third-order valence-electron chi connectivity index (χ3n) is 2.25. The van der Waals surface area contributed by atoms with Crippen molar-refractivity contribution in [3.05, 3.63) is 0 Å². The van der Waals surface area contributed by atoms with E-state index in [1.54, 1.807) is 0 Å². The topological polar surface area (TPSA) is 0 Å². The molecule has 1 heteroatoms. The van der Waals surface area contributed by atoms with Crippen molar-refractivity contribution in [2.45, 2.75) is 65.2 Å². The van der Waals surface area contributed by atoms with Gasteiger partial charge in [-0.25, -0.2) is 0 Å². The van der Waals surface area contributed by atoms with E-state index in [0.717, 1.165) is 0 Å². The Morgan fingerprint density at radius 3 is 2.08 bits per heavy atom. The van der Waals surface area contributed by atoms with Crippen LogP contribution in [0, 0.1) is 5.41 Å². The molecule has 0 heterocycles. The lowest BCUT2D eigenvalue weighted by atomic mass is 9.88. The number of unbranched alkanes of at least 4 members (excludes halogenated alkanes) is 3. The van der Waals surface area contributed by atoms with E-state index in [0.29, 0.717) is 5.38 Å². The molecule has 0 spiro atoms. The van der Waals surface area contributed by atoms with Crippen molar-refractivity contribution in [2.24, 2.45) is 5.41 Å². The highest BCUT2D eigenvalue weighted by molar-refractivity contribution is 6.21. The zero-order valence-corrected chi connectivity index (χ0v) is 9.75. The Bertz CT molecular complexity index is 102. The van der Waals surface area contributed by atoms with E-state index in [4.69, 9.17) is 11.6 Å². The summed E-state index contributed by atoms with van der Waals surface area (Å²) in [5.41, 5.74) is 0.272. The summed E-state index contributed by atoms with van der Waals surface area (Å²) in [5.74, 6) is 0. The van der Waals surface area contributed by atoms with Crippen LogP contribution in [-0.2, 0) is 0 Å². The summed E-state index contributed by atoms with van der Waals surface area (Å²) in [4.78, 5) is 0. The predicted molar refractivity (Wildman–Crippen MR) is 57.9 cm³/mol. The lowest BCUT2D eigenvalue weighted by Gasteiger charge is -2.24. The van der Waals surface area contributed by atoms with E-state index in [1.807, 2.05) is 0 Å². The standard InChI is InChI=1S/C11H23Cl/c1-5-6-7-8-9-10(12)11(2,3)4/h10H,5-9H2,1-4H3. The monoisotopic (exact) mass is 190 g/mol. The smallest absolute Gasteiger partial charge is 0.0384 e. The largest absolute Gasteiger partial charge is 0.122 e. The maximum absolute atomic E-state index is 6.24. The molecule has 0 aromatic carbocycles. The van der Waals surface area contributed by atoms with E-state index >= 15 is 0 Å². The molecule has 0 fully saturated rings. The molecule has 0 nitrogen and oxygen atoms in total. The Hall–Kier alpha value is 0.290. The van der Waals surface area contributed by atoms with Crippen LogP contribution in [0.4, 0.5) is 0 Å². The molecule has 0 saturated carbocycles. The van der Waals surface area contributed by atoms with Gasteiger partial charge in [-0.15, -0.1) is 11.6 Å². The molecule has 1 atom stereocenters. The average molecular weight is 191 g/mol. The first-order valence-electron chi connectivity index (χ1n) is 5.12. The minimum absolute atomic E-state index is 0.272. The fourth-order valence-corrected chi connectivity index (χ4v) is 1.34. The molecule has 0 aliphatic carbocycles. The van der Waals surface area contributed by atoms with Crippen LogP contribution in [0.15, 0.2) is 0 Å². The third-order valence-corrected chi connectivity index (χ3v) is 3.12. The van der Waals surface area contributed by atoms with E-state index in [1.165, 1.54) is 32.1 Å². The first kappa shape index (κ1) is 12.3. The van der Waals surface area contributed by atoms with Gasteiger partial charge in [0.1, 0.15) is 0 Å². The summed E-state index contributed by atoms with van der Waals surface area (Å²) in [6, 6.07) is 0. The summed E-state index contributed by atoms with van der Waals surface area (Å²) < 4.78 is 0. The van der Waals surface area contributed by atoms with Gasteiger partial charge in [-0.3, -0.25) is 0 Å². The number of halogens is 1. The first-order chi connectivity index (χ1) is 5.48. The number of alkyl halides is 1. The molecule has 0 bridgehead atoms. The molecule has 0 amide bonds. The van der Waals surface area contributed by atoms with E-state index in [9.17, 15) is 0 Å². The van der Waals surface area contributed by atoms with Crippen molar-refractivity contribution in [3.8, 4) is 0 Å². The number of hydrogen-bond acceptors (Lipinski definition) is 0. The fraction of sp³-hybridized carbons (Fsp3) is 1.00. The Labute approximate surface area is 82.7 Å². The second-order valence-electron chi connectivity index (χ2n) is 4.68. The predicted octanol–water partition coefficient (Wildman–Crippen LogP) is 4.61. The summed E-state index contributed by atoms with van der Waals surface area (Å²) >= 11 is 6.24. The second-order valence-corrected chi connectivity index (χ2v) is 5.21. The lowest BCUT2D eigenvalue weighted by Crippen LogP contribution is -2.20. The zero-order chi connectivity index (χ0) is 9.61. The van der Waals surface area contributed by atoms with Crippen molar-refractivity contribution in [2.75, 3.05) is 0 Å². The van der Waals surface area contributed by atoms with Crippen LogP contribution in [0.1, 0.15) is 59.8 Å². The van der Waals surface area contributed by atoms with Crippen LogP contribution in [-0.4, -0.2) is 5.38 Å². The summed E-state index contributed by atoms with van der Waals surface area (Å²) in [5, 5.41) is 0.342. The van der Waals surface area contributed by atoms with Crippen molar-refractivity contribution in [3.63, 3.8) is 0 Å². The molecule has 0 aromatic heterocycles. The van der Waals surface area contributed by atoms with Crippen LogP contribution < -0.4 is 0 Å². The quantitative estimate of drug-likeness (QED) is 0.439. The zero-order valence-electron chi connectivity index (χ0n) is 8.99. The Kier molecular flexibility index (Phi) is 6.00. The van der Waals surface area contributed by atoms with Gasteiger partial charge >= 0.3 is 0 Å². The average Bonchev–Trinajstić information content (AvgIpc) is 1.96. The summed E-state index contributed by atoms with van der Waals surface area (Å²) in [6.45, 7) is 8.88. The molecule has 0 radical (unpaired) electrons. The van der Waals surface area contributed by atoms with Gasteiger partial charge in [0.15, 0.2) is 0 Å². The van der Waals surface area contributed by atoms with Crippen LogP contribution >= 0.6 is 11.6 Å². The Morgan fingerprint density at radius 2 is 1.67 bits per heavy atom. The molecule has 0 rings (SSSR count). The number of rotatable bonds is 5. The Balaban J connectivity index is 3.38. The molecule has 1 unspecified atom stereocenters. The van der Waals surface area contributed by atoms with Gasteiger partial charge < -0.3 is 0 Å². The van der Waals surface area contributed by atoms with Gasteiger partial charge in [0.05, 0.1) is 0 Å². The van der Waals surface area contributed by atoms with Crippen molar-refractivity contribution >= 4 is 11.6 Å². The third kappa shape index (κ3) is 5.88. The van der Waals surface area contributed by atoms with Gasteiger partial charge in [0.25, 0.3) is 0 Å². The molecular weight excluding hydrogens is 168 g/mol. The summed E-state index contributed by atoms with van der Waals surface area (Å²) in [7, 11) is 0. The van der Waals surface area contributed by atoms with E-state index in [-0.39, 0.29) is 5.41 Å². The minimum Gasteiger partial charge on any atom is -0.122 e. The van der Waals surface area contributed by atoms with Crippen LogP contribution in [0.5, 0.6) is 0 Å². The lowest BCUT2D eigenvalue weighted by molar-refractivity contribution is 0.365. The number of hydrogen-bond donors (Lipinski definition) is 0. The highest BCUT2D eigenvalue weighted by Gasteiger charge is 2.21. The van der Waals surface area contributed by atoms with Gasteiger partial charge in [-0.05, 0) is 11.8 Å². The van der Waals surface area contributed by atoms with Crippen molar-refractivity contribution < 1.29 is 0 Å². The molecule has 0 saturated heterocycles. The molecule has 0 aliphatic rings. The van der Waals surface area contributed by atoms with Crippen molar-refractivity contribution in [1.29, 1.82) is 0 Å². The van der Waals surface area contributed by atoms with Crippen LogP contribution in [0.2, 0.25) is 0 Å². The van der Waals surface area contributed by atoms with E-state index < -0.39 is 0 Å². The van der Waals surface area contributed by atoms with Crippen LogP contribution in [0.3, 0.4) is 0 Å². The van der Waals surface area contributed by atoms with Gasteiger partial charge in [0.2, 0.25) is 0 Å². The molecule has 12 heavy (non-hydrogen) atoms. The molecule has 74 valence electrons. The van der Waals surface area contributed by atoms with Gasteiger partial charge in [-0.1, -0.05) is 53.4 Å². The van der Waals surface area contributed by atoms with Crippen molar-refractivity contribution in [1.82, 2.24) is 0 Å². The van der Waals surface area contributed by atoms with Crippen LogP contribution in [0.25, 0.3) is 0 Å². The highest BCUT2D eigenvalue weighted by Crippen LogP contribution is 2.28. The SMILES string of the molecule is CCCCCCC(Cl)C(C)(C)C. The molecule has 0 N–H and O–H groups in total.